The van der Waals surface area contributed by atoms with Gasteiger partial charge in [0.25, 0.3) is 5.69 Å². The van der Waals surface area contributed by atoms with Gasteiger partial charge in [-0.05, 0) is 54.4 Å². The quantitative estimate of drug-likeness (QED) is 0.158. The van der Waals surface area contributed by atoms with Crippen molar-refractivity contribution in [2.24, 2.45) is 35.5 Å². The van der Waals surface area contributed by atoms with Crippen molar-refractivity contribution < 1.29 is 28.8 Å². The molecule has 2 aromatic rings. The molecule has 1 aliphatic heterocycles. The van der Waals surface area contributed by atoms with E-state index in [9.17, 15) is 29.3 Å². The summed E-state index contributed by atoms with van der Waals surface area (Å²) in [5.41, 5.74) is 0.396. The Hall–Kier alpha value is -4.14. The van der Waals surface area contributed by atoms with Crippen molar-refractivity contribution in [3.05, 3.63) is 81.9 Å². The molecule has 0 aromatic heterocycles. The highest BCUT2D eigenvalue weighted by molar-refractivity contribution is 6.22. The lowest BCUT2D eigenvalue weighted by Gasteiger charge is -2.37. The monoisotopic (exact) mass is 472 g/mol. The Balaban J connectivity index is 1.13. The van der Waals surface area contributed by atoms with Gasteiger partial charge in [0.15, 0.2) is 6.61 Å². The summed E-state index contributed by atoms with van der Waals surface area (Å²) in [7, 11) is 0. The van der Waals surface area contributed by atoms with Gasteiger partial charge in [-0.2, -0.15) is 0 Å². The molecule has 3 fully saturated rings. The number of nitrogens with zero attached hydrogens (tertiary/aromatic N) is 2. The molecule has 2 amide bonds. The minimum Gasteiger partial charge on any atom is -0.454 e. The number of hydrogen-bond donors (Lipinski definition) is 0. The molecule has 35 heavy (non-hydrogen) atoms. The molecule has 0 N–H and O–H groups in total. The number of non-ortho nitro benzene ring substituents is 1. The zero-order valence-corrected chi connectivity index (χ0v) is 18.4. The van der Waals surface area contributed by atoms with E-state index in [1.807, 2.05) is 0 Å². The predicted octanol–water partition coefficient (Wildman–Crippen LogP) is 3.19. The van der Waals surface area contributed by atoms with Crippen LogP contribution in [0.4, 0.5) is 11.4 Å². The van der Waals surface area contributed by atoms with Crippen molar-refractivity contribution in [2.75, 3.05) is 11.5 Å². The summed E-state index contributed by atoms with van der Waals surface area (Å²) in [4.78, 5) is 62.6. The number of ether oxygens (including phenoxy) is 1. The lowest BCUT2D eigenvalue weighted by atomic mass is 9.63. The summed E-state index contributed by atoms with van der Waals surface area (Å²) in [5.74, 6) is -0.985. The maximum Gasteiger partial charge on any atom is 0.338 e. The van der Waals surface area contributed by atoms with Crippen LogP contribution in [0.3, 0.4) is 0 Å². The van der Waals surface area contributed by atoms with E-state index in [0.29, 0.717) is 17.5 Å². The smallest absolute Gasteiger partial charge is 0.338 e. The van der Waals surface area contributed by atoms with Gasteiger partial charge in [-0.15, -0.1) is 0 Å². The first-order valence-corrected chi connectivity index (χ1v) is 11.5. The Bertz CT molecular complexity index is 1300. The molecule has 2 bridgehead atoms. The average molecular weight is 472 g/mol. The maximum absolute atomic E-state index is 13.2. The lowest BCUT2D eigenvalue weighted by Crippen LogP contribution is -2.40. The molecule has 6 atom stereocenters. The third-order valence-corrected chi connectivity index (χ3v) is 7.74. The molecule has 9 nitrogen and oxygen atoms in total. The van der Waals surface area contributed by atoms with Crippen molar-refractivity contribution in [1.82, 2.24) is 0 Å². The predicted molar refractivity (Wildman–Crippen MR) is 121 cm³/mol. The molecule has 9 heteroatoms. The average Bonchev–Trinajstić information content (AvgIpc) is 3.65. The van der Waals surface area contributed by atoms with Crippen molar-refractivity contribution in [3.8, 4) is 0 Å². The lowest BCUT2D eigenvalue weighted by molar-refractivity contribution is -0.384. The van der Waals surface area contributed by atoms with E-state index in [-0.39, 0.29) is 52.3 Å². The fourth-order valence-electron chi connectivity index (χ4n) is 6.05. The number of carbonyl (C=O) groups is 4. The normalized spacial score (nSPS) is 29.5. The van der Waals surface area contributed by atoms with Crippen LogP contribution in [0.25, 0.3) is 0 Å². The molecule has 2 saturated carbocycles. The van der Waals surface area contributed by atoms with Gasteiger partial charge in [0.2, 0.25) is 17.6 Å². The number of amides is 2. The number of Topliss-reactive ketones (excluding diaryl/α,β-unsaturated/α-hetero) is 1. The molecule has 5 aliphatic rings. The van der Waals surface area contributed by atoms with Crippen LogP contribution in [0.15, 0.2) is 60.7 Å². The largest absolute Gasteiger partial charge is 0.454 e. The Kier molecular flexibility index (Phi) is 4.70. The number of carbonyl (C=O) groups excluding carboxylic acids is 4. The topological polar surface area (TPSA) is 124 Å². The first-order chi connectivity index (χ1) is 16.8. The van der Waals surface area contributed by atoms with Gasteiger partial charge in [0, 0.05) is 17.7 Å². The third-order valence-electron chi connectivity index (χ3n) is 7.74. The van der Waals surface area contributed by atoms with Crippen LogP contribution in [-0.4, -0.2) is 35.1 Å². The molecule has 2 aromatic carbocycles. The van der Waals surface area contributed by atoms with Gasteiger partial charge in [-0.1, -0.05) is 24.3 Å². The Morgan fingerprint density at radius 3 is 2.17 bits per heavy atom. The molecule has 0 unspecified atom stereocenters. The second kappa shape index (κ2) is 7.69. The molecule has 4 aliphatic carbocycles. The number of nitro benzene ring substituents is 1. The zero-order chi connectivity index (χ0) is 24.4. The number of imide groups is 1. The van der Waals surface area contributed by atoms with Crippen LogP contribution in [-0.2, 0) is 14.3 Å². The van der Waals surface area contributed by atoms with Crippen LogP contribution in [0.1, 0.15) is 27.1 Å². The number of esters is 1. The fourth-order valence-corrected chi connectivity index (χ4v) is 6.05. The van der Waals surface area contributed by atoms with Gasteiger partial charge in [0.1, 0.15) is 0 Å². The highest BCUT2D eigenvalue weighted by Crippen LogP contribution is 2.65. The van der Waals surface area contributed by atoms with Crippen LogP contribution < -0.4 is 4.90 Å². The van der Waals surface area contributed by atoms with Gasteiger partial charge < -0.3 is 4.74 Å². The molecule has 0 radical (unpaired) electrons. The summed E-state index contributed by atoms with van der Waals surface area (Å²) in [6.07, 6.45) is 5.32. The van der Waals surface area contributed by atoms with E-state index in [0.717, 1.165) is 12.5 Å². The molecule has 0 spiro atoms. The fraction of sp³-hybridized carbons (Fsp3) is 0.308. The number of nitro groups is 1. The molecule has 1 saturated heterocycles. The zero-order valence-electron chi connectivity index (χ0n) is 18.4. The van der Waals surface area contributed by atoms with E-state index in [1.165, 1.54) is 47.4 Å². The number of rotatable bonds is 6. The summed E-state index contributed by atoms with van der Waals surface area (Å²) < 4.78 is 5.07. The van der Waals surface area contributed by atoms with Crippen molar-refractivity contribution in [1.29, 1.82) is 0 Å². The Morgan fingerprint density at radius 2 is 1.57 bits per heavy atom. The van der Waals surface area contributed by atoms with E-state index in [2.05, 4.69) is 12.2 Å². The highest BCUT2D eigenvalue weighted by Gasteiger charge is 2.67. The van der Waals surface area contributed by atoms with Crippen LogP contribution in [0.2, 0.25) is 0 Å². The second-order valence-electron chi connectivity index (χ2n) is 9.52. The summed E-state index contributed by atoms with van der Waals surface area (Å²) in [5, 5.41) is 10.9. The van der Waals surface area contributed by atoms with Gasteiger partial charge in [-0.25, -0.2) is 4.79 Å². The minimum absolute atomic E-state index is 0.0657. The maximum atomic E-state index is 13.2. The van der Waals surface area contributed by atoms with E-state index < -0.39 is 23.3 Å². The number of ketones is 1. The first-order valence-electron chi connectivity index (χ1n) is 11.5. The van der Waals surface area contributed by atoms with E-state index >= 15 is 0 Å². The first kappa shape index (κ1) is 21.4. The number of allylic oxidation sites excluding steroid dienone is 2. The molecular formula is C26H20N2O7. The van der Waals surface area contributed by atoms with Crippen LogP contribution in [0, 0.1) is 45.6 Å². The molecular weight excluding hydrogens is 452 g/mol. The molecule has 176 valence electrons. The second-order valence-corrected chi connectivity index (χ2v) is 9.52. The van der Waals surface area contributed by atoms with Gasteiger partial charge in [0.05, 0.1) is 28.0 Å². The van der Waals surface area contributed by atoms with Crippen molar-refractivity contribution in [2.45, 2.75) is 6.42 Å². The SMILES string of the molecule is O=C(COC(=O)c1ccc(N2C(=O)[C@@H]3[C@H]4C=C[C@@H]([C@@H]5C[C@@H]45)[C@@H]3C2=O)cc1)c1cccc([N+](=O)[O-])c1. The van der Waals surface area contributed by atoms with Gasteiger partial charge in [-0.3, -0.25) is 29.4 Å². The number of benzene rings is 2. The summed E-state index contributed by atoms with van der Waals surface area (Å²) in [6.45, 7) is -0.577. The van der Waals surface area contributed by atoms with Crippen LogP contribution in [0.5, 0.6) is 0 Å². The molecule has 7 rings (SSSR count). The standard InChI is InChI=1S/C26H20N2O7/c29-21(14-2-1-3-16(10-14)28(33)34)12-35-26(32)13-4-6-15(7-5-13)27-24(30)22-17-8-9-18(20-11-19(17)20)23(22)25(27)31/h1-10,17-20,22-23H,11-12H2/t17-,18-,19-,20-,22-,23+/m0/s1. The van der Waals surface area contributed by atoms with Crippen LogP contribution >= 0.6 is 0 Å². The van der Waals surface area contributed by atoms with Gasteiger partial charge >= 0.3 is 5.97 Å². The van der Waals surface area contributed by atoms with Crippen molar-refractivity contribution >= 4 is 34.9 Å². The summed E-state index contributed by atoms with van der Waals surface area (Å²) >= 11 is 0. The molecule has 1 heterocycles. The van der Waals surface area contributed by atoms with Crippen molar-refractivity contribution in [3.63, 3.8) is 0 Å². The highest BCUT2D eigenvalue weighted by atomic mass is 16.6. The minimum atomic E-state index is -0.759. The number of hydrogen-bond acceptors (Lipinski definition) is 7. The third kappa shape index (κ3) is 3.30. The van der Waals surface area contributed by atoms with E-state index in [4.69, 9.17) is 4.74 Å². The Labute approximate surface area is 199 Å². The summed E-state index contributed by atoms with van der Waals surface area (Å²) in [6, 6.07) is 11.1. The Morgan fingerprint density at radius 1 is 0.943 bits per heavy atom. The number of anilines is 1. The van der Waals surface area contributed by atoms with E-state index in [1.54, 1.807) is 0 Å².